The fourth-order valence-corrected chi connectivity index (χ4v) is 3.81. The Morgan fingerprint density at radius 3 is 2.70 bits per heavy atom. The van der Waals surface area contributed by atoms with Crippen molar-refractivity contribution in [1.82, 2.24) is 19.7 Å². The quantitative estimate of drug-likeness (QED) is 0.476. The molecule has 4 aromatic rings. The second kappa shape index (κ2) is 6.88. The van der Waals surface area contributed by atoms with E-state index in [2.05, 4.69) is 10.1 Å². The molecule has 1 aliphatic rings. The third kappa shape index (κ3) is 2.93. The Kier molecular flexibility index (Phi) is 3.78. The summed E-state index contributed by atoms with van der Waals surface area (Å²) < 4.78 is 48.3. The first-order chi connectivity index (χ1) is 15.2. The van der Waals surface area contributed by atoms with Gasteiger partial charge >= 0.3 is 0 Å². The number of rotatable bonds is 3. The zero-order chi connectivity index (χ0) is 22.8. The fourth-order valence-electron chi connectivity index (χ4n) is 3.61. The lowest BCUT2D eigenvalue weighted by Crippen LogP contribution is -2.24. The number of fused-ring (bicyclic) bond motifs is 2. The van der Waals surface area contributed by atoms with E-state index in [0.29, 0.717) is 21.5 Å². The minimum Gasteiger partial charge on any atom is -0.328 e. The Balaban J connectivity index is 1.55. The maximum absolute atomic E-state index is 15.1. The van der Waals surface area contributed by atoms with Crippen LogP contribution in [-0.4, -0.2) is 25.6 Å². The monoisotopic (exact) mass is 426 g/mol. The molecule has 0 unspecified atom stereocenters. The molecule has 2 aromatic carbocycles. The highest BCUT2D eigenvalue weighted by atomic mass is 35.5. The molecule has 0 fully saturated rings. The summed E-state index contributed by atoms with van der Waals surface area (Å²) >= 11 is 6.19. The SMILES string of the molecule is [2H]C1([2H])c2ncccc2C(=O)N1Cc1c(F)cc(-c2ccc(Cl)c3nn(C)cc23)cc1F. The minimum absolute atomic E-state index is 0.0671. The second-order valence-corrected chi connectivity index (χ2v) is 7.39. The van der Waals surface area contributed by atoms with Gasteiger partial charge in [-0.1, -0.05) is 17.7 Å². The number of nitrogens with zero attached hydrogens (tertiary/aromatic N) is 4. The number of benzene rings is 2. The molecule has 0 bridgehead atoms. The molecule has 30 heavy (non-hydrogen) atoms. The summed E-state index contributed by atoms with van der Waals surface area (Å²) in [4.78, 5) is 17.4. The number of amides is 1. The number of pyridine rings is 1. The predicted molar refractivity (Wildman–Crippen MR) is 109 cm³/mol. The van der Waals surface area contributed by atoms with Gasteiger partial charge in [-0.3, -0.25) is 14.5 Å². The largest absolute Gasteiger partial charge is 0.328 e. The third-order valence-electron chi connectivity index (χ3n) is 5.03. The lowest BCUT2D eigenvalue weighted by atomic mass is 9.99. The van der Waals surface area contributed by atoms with Crippen LogP contribution in [0.25, 0.3) is 22.0 Å². The summed E-state index contributed by atoms with van der Waals surface area (Å²) in [5, 5.41) is 5.34. The summed E-state index contributed by atoms with van der Waals surface area (Å²) in [6, 6.07) is 8.55. The average Bonchev–Trinajstić information content (AvgIpc) is 3.22. The van der Waals surface area contributed by atoms with E-state index < -0.39 is 36.1 Å². The molecule has 5 nitrogen and oxygen atoms in total. The first-order valence-corrected chi connectivity index (χ1v) is 9.44. The van der Waals surface area contributed by atoms with Gasteiger partial charge in [-0.15, -0.1) is 0 Å². The van der Waals surface area contributed by atoms with E-state index in [4.69, 9.17) is 14.3 Å². The van der Waals surface area contributed by atoms with Crippen molar-refractivity contribution in [1.29, 1.82) is 0 Å². The van der Waals surface area contributed by atoms with E-state index in [9.17, 15) is 4.79 Å². The van der Waals surface area contributed by atoms with Crippen molar-refractivity contribution in [2.75, 3.05) is 0 Å². The Bertz CT molecular complexity index is 1400. The van der Waals surface area contributed by atoms with Gasteiger partial charge in [-0.25, -0.2) is 8.78 Å². The van der Waals surface area contributed by atoms with Crippen molar-refractivity contribution < 1.29 is 16.3 Å². The van der Waals surface area contributed by atoms with Crippen molar-refractivity contribution in [3.63, 3.8) is 0 Å². The molecule has 0 N–H and O–H groups in total. The van der Waals surface area contributed by atoms with Crippen molar-refractivity contribution in [3.05, 3.63) is 82.3 Å². The lowest BCUT2D eigenvalue weighted by Gasteiger charge is -2.17. The zero-order valence-electron chi connectivity index (χ0n) is 17.7. The number of carbonyl (C=O) groups excluding carboxylic acids is 1. The molecule has 150 valence electrons. The van der Waals surface area contributed by atoms with Crippen LogP contribution in [0, 0.1) is 11.6 Å². The molecule has 3 heterocycles. The van der Waals surface area contributed by atoms with Crippen LogP contribution in [0.2, 0.25) is 5.02 Å². The van der Waals surface area contributed by atoms with Gasteiger partial charge in [0.05, 0.1) is 32.1 Å². The number of halogens is 3. The van der Waals surface area contributed by atoms with Gasteiger partial charge in [-0.2, -0.15) is 5.10 Å². The fraction of sp³-hybridized carbons (Fsp3) is 0.136. The van der Waals surface area contributed by atoms with Crippen LogP contribution < -0.4 is 0 Å². The van der Waals surface area contributed by atoms with Gasteiger partial charge < -0.3 is 4.90 Å². The molecule has 1 amide bonds. The van der Waals surface area contributed by atoms with E-state index in [1.807, 2.05) is 0 Å². The second-order valence-electron chi connectivity index (χ2n) is 6.98. The van der Waals surface area contributed by atoms with E-state index >= 15 is 8.78 Å². The van der Waals surface area contributed by atoms with Gasteiger partial charge in [0.25, 0.3) is 5.91 Å². The van der Waals surface area contributed by atoms with Gasteiger partial charge in [0.2, 0.25) is 0 Å². The summed E-state index contributed by atoms with van der Waals surface area (Å²) in [6.45, 7) is -2.87. The molecule has 0 atom stereocenters. The molecule has 1 aliphatic heterocycles. The van der Waals surface area contributed by atoms with E-state index in [0.717, 1.165) is 17.0 Å². The standard InChI is InChI=1S/C22H15ClF2N4O/c1-28-9-15-13(4-5-17(23)21(15)27-28)12-7-18(24)16(19(25)8-12)10-29-11-20-14(22(29)30)3-2-6-26-20/h2-9H,10-11H2,1H3/i11D2. The summed E-state index contributed by atoms with van der Waals surface area (Å²) in [6.07, 6.45) is 3.08. The highest BCUT2D eigenvalue weighted by molar-refractivity contribution is 6.35. The first kappa shape index (κ1) is 16.5. The van der Waals surface area contributed by atoms with Crippen molar-refractivity contribution >= 4 is 28.4 Å². The first-order valence-electron chi connectivity index (χ1n) is 10.1. The molecule has 0 saturated heterocycles. The molecule has 8 heteroatoms. The van der Waals surface area contributed by atoms with Gasteiger partial charge in [0, 0.05) is 30.4 Å². The molecule has 0 radical (unpaired) electrons. The van der Waals surface area contributed by atoms with Crippen LogP contribution in [-0.2, 0) is 20.1 Å². The molecule has 0 saturated carbocycles. The number of aromatic nitrogens is 3. The molecule has 0 aliphatic carbocycles. The number of hydrogen-bond acceptors (Lipinski definition) is 3. The zero-order valence-corrected chi connectivity index (χ0v) is 16.4. The Labute approximate surface area is 178 Å². The maximum atomic E-state index is 15.1. The Hall–Kier alpha value is -3.32. The van der Waals surface area contributed by atoms with E-state index in [-0.39, 0.29) is 16.8 Å². The Morgan fingerprint density at radius 1 is 1.20 bits per heavy atom. The number of carbonyl (C=O) groups is 1. The summed E-state index contributed by atoms with van der Waals surface area (Å²) in [7, 11) is 1.72. The smallest absolute Gasteiger partial charge is 0.256 e. The average molecular weight is 427 g/mol. The highest BCUT2D eigenvalue weighted by Gasteiger charge is 2.29. The predicted octanol–water partition coefficient (Wildman–Crippen LogP) is 4.72. The number of aryl methyl sites for hydroxylation is 1. The Morgan fingerprint density at radius 2 is 1.97 bits per heavy atom. The van der Waals surface area contributed by atoms with Crippen molar-refractivity contribution in [2.24, 2.45) is 7.05 Å². The maximum Gasteiger partial charge on any atom is 0.256 e. The van der Waals surface area contributed by atoms with E-state index in [1.54, 1.807) is 30.1 Å². The molecular weight excluding hydrogens is 410 g/mol. The van der Waals surface area contributed by atoms with Crippen LogP contribution in [0.15, 0.2) is 48.8 Å². The van der Waals surface area contributed by atoms with Crippen LogP contribution in [0.5, 0.6) is 0 Å². The van der Waals surface area contributed by atoms with Crippen molar-refractivity contribution in [2.45, 2.75) is 13.0 Å². The molecule has 2 aromatic heterocycles. The number of hydrogen-bond donors (Lipinski definition) is 0. The van der Waals surface area contributed by atoms with Crippen LogP contribution in [0.4, 0.5) is 8.78 Å². The minimum atomic E-state index is -2.29. The van der Waals surface area contributed by atoms with Gasteiger partial charge in [-0.05, 0) is 41.5 Å². The molecular formula is C22H15ClF2N4O. The third-order valence-corrected chi connectivity index (χ3v) is 5.34. The van der Waals surface area contributed by atoms with Crippen LogP contribution >= 0.6 is 11.6 Å². The normalized spacial score (nSPS) is 16.0. The van der Waals surface area contributed by atoms with Gasteiger partial charge in [0.15, 0.2) is 0 Å². The summed E-state index contributed by atoms with van der Waals surface area (Å²) in [5.41, 5.74) is 0.940. The molecule has 0 spiro atoms. The highest BCUT2D eigenvalue weighted by Crippen LogP contribution is 2.34. The molecule has 5 rings (SSSR count). The summed E-state index contributed by atoms with van der Waals surface area (Å²) in [5.74, 6) is -2.45. The van der Waals surface area contributed by atoms with Crippen LogP contribution in [0.3, 0.4) is 0 Å². The van der Waals surface area contributed by atoms with Gasteiger partial charge in [0.1, 0.15) is 17.2 Å². The lowest BCUT2D eigenvalue weighted by molar-refractivity contribution is 0.0763. The van der Waals surface area contributed by atoms with E-state index in [1.165, 1.54) is 18.3 Å². The van der Waals surface area contributed by atoms with Crippen molar-refractivity contribution in [3.8, 4) is 11.1 Å². The topological polar surface area (TPSA) is 51.0 Å². The van der Waals surface area contributed by atoms with Crippen LogP contribution in [0.1, 0.15) is 24.4 Å².